The van der Waals surface area contributed by atoms with E-state index >= 15 is 0 Å². The summed E-state index contributed by atoms with van der Waals surface area (Å²) in [5.74, 6) is 2.24. The Bertz CT molecular complexity index is 1200. The van der Waals surface area contributed by atoms with E-state index in [2.05, 4.69) is 24.0 Å². The van der Waals surface area contributed by atoms with Gasteiger partial charge in [0, 0.05) is 25.1 Å². The first-order chi connectivity index (χ1) is 16.7. The fraction of sp³-hybridized carbons (Fsp3) is 0.379. The van der Waals surface area contributed by atoms with E-state index in [0.29, 0.717) is 32.0 Å². The molecule has 0 fully saturated rings. The number of carbonyl (C=O) groups excluding carboxylic acids is 1. The van der Waals surface area contributed by atoms with Gasteiger partial charge in [0.25, 0.3) is 0 Å². The van der Waals surface area contributed by atoms with Gasteiger partial charge in [0.15, 0.2) is 0 Å². The molecule has 184 valence electrons. The second-order valence-electron chi connectivity index (χ2n) is 9.79. The number of carbonyl (C=O) groups is 1. The second-order valence-corrected chi connectivity index (χ2v) is 9.79. The van der Waals surface area contributed by atoms with Crippen LogP contribution < -0.4 is 4.74 Å². The molecule has 1 aliphatic rings. The Labute approximate surface area is 207 Å². The van der Waals surface area contributed by atoms with E-state index < -0.39 is 5.60 Å². The van der Waals surface area contributed by atoms with E-state index in [9.17, 15) is 4.79 Å². The van der Waals surface area contributed by atoms with Crippen molar-refractivity contribution in [2.24, 2.45) is 0 Å². The Balaban J connectivity index is 1.40. The summed E-state index contributed by atoms with van der Waals surface area (Å²) in [5, 5.41) is 0. The fourth-order valence-corrected chi connectivity index (χ4v) is 4.16. The maximum atomic E-state index is 12.6. The Morgan fingerprint density at radius 2 is 1.80 bits per heavy atom. The molecule has 6 nitrogen and oxygen atoms in total. The first-order valence-corrected chi connectivity index (χ1v) is 12.2. The second kappa shape index (κ2) is 10.4. The lowest BCUT2D eigenvalue weighted by atomic mass is 10.0. The third kappa shape index (κ3) is 6.13. The summed E-state index contributed by atoms with van der Waals surface area (Å²) in [6.45, 7) is 11.4. The van der Waals surface area contributed by atoms with E-state index in [-0.39, 0.29) is 6.09 Å². The molecule has 0 radical (unpaired) electrons. The van der Waals surface area contributed by atoms with Crippen LogP contribution in [-0.2, 0) is 11.2 Å². The van der Waals surface area contributed by atoms with Gasteiger partial charge in [-0.15, -0.1) is 0 Å². The van der Waals surface area contributed by atoms with Gasteiger partial charge in [0.1, 0.15) is 17.1 Å². The molecular formula is C29H34N2O4. The molecule has 3 aromatic rings. The first kappa shape index (κ1) is 24.6. The van der Waals surface area contributed by atoms with Gasteiger partial charge in [-0.3, -0.25) is 4.90 Å². The fourth-order valence-electron chi connectivity index (χ4n) is 4.16. The van der Waals surface area contributed by atoms with Crippen LogP contribution in [0.4, 0.5) is 4.79 Å². The number of hydrogen-bond acceptors (Lipinski definition) is 5. The minimum absolute atomic E-state index is 0.274. The molecule has 1 amide bonds. The van der Waals surface area contributed by atoms with Crippen LogP contribution in [-0.4, -0.2) is 41.3 Å². The average Bonchev–Trinajstić information content (AvgIpc) is 3.43. The molecule has 1 aromatic heterocycles. The molecule has 1 aliphatic heterocycles. The summed E-state index contributed by atoms with van der Waals surface area (Å²) < 4.78 is 17.5. The highest BCUT2D eigenvalue weighted by Gasteiger charge is 2.29. The van der Waals surface area contributed by atoms with Crippen LogP contribution in [0.3, 0.4) is 0 Å². The van der Waals surface area contributed by atoms with Crippen LogP contribution in [0.15, 0.2) is 64.6 Å². The number of oxazole rings is 1. The smallest absolute Gasteiger partial charge is 0.410 e. The summed E-state index contributed by atoms with van der Waals surface area (Å²) in [4.78, 5) is 19.0. The number of hydrogen-bond donors (Lipinski definition) is 0. The molecule has 2 aromatic carbocycles. The normalized spacial score (nSPS) is 13.9. The Morgan fingerprint density at radius 1 is 1.06 bits per heavy atom. The van der Waals surface area contributed by atoms with Crippen molar-refractivity contribution < 1.29 is 18.7 Å². The van der Waals surface area contributed by atoms with Crippen molar-refractivity contribution in [3.05, 3.63) is 77.2 Å². The lowest BCUT2D eigenvalue weighted by Crippen LogP contribution is -2.35. The van der Waals surface area contributed by atoms with Gasteiger partial charge in [0.2, 0.25) is 5.89 Å². The minimum atomic E-state index is -0.510. The Kier molecular flexibility index (Phi) is 7.29. The van der Waals surface area contributed by atoms with Gasteiger partial charge in [0.05, 0.1) is 12.3 Å². The zero-order valence-corrected chi connectivity index (χ0v) is 21.3. The van der Waals surface area contributed by atoms with Crippen LogP contribution in [0.25, 0.3) is 17.0 Å². The predicted molar refractivity (Wildman–Crippen MR) is 137 cm³/mol. The number of aromatic nitrogens is 1. The number of rotatable bonds is 7. The molecule has 4 rings (SSSR count). The highest BCUT2D eigenvalue weighted by Crippen LogP contribution is 2.31. The Hall–Kier alpha value is -3.54. The number of aryl methyl sites for hydroxylation is 1. The van der Waals surface area contributed by atoms with Gasteiger partial charge in [-0.05, 0) is 75.1 Å². The number of ether oxygens (including phenoxy) is 2. The summed E-state index contributed by atoms with van der Waals surface area (Å²) in [7, 11) is 0. The lowest BCUT2D eigenvalue weighted by molar-refractivity contribution is 0.0303. The van der Waals surface area contributed by atoms with E-state index in [1.807, 2.05) is 70.2 Å². The first-order valence-electron chi connectivity index (χ1n) is 12.2. The summed E-state index contributed by atoms with van der Waals surface area (Å²) >= 11 is 0. The van der Waals surface area contributed by atoms with E-state index in [4.69, 9.17) is 13.9 Å². The number of nitrogens with zero attached hydrogens (tertiary/aromatic N) is 2. The maximum Gasteiger partial charge on any atom is 0.410 e. The molecule has 0 spiro atoms. The van der Waals surface area contributed by atoms with E-state index in [1.54, 1.807) is 4.90 Å². The molecule has 0 bridgehead atoms. The quantitative estimate of drug-likeness (QED) is 0.382. The number of benzene rings is 2. The molecule has 0 saturated carbocycles. The highest BCUT2D eigenvalue weighted by molar-refractivity contribution is 5.80. The molecule has 2 heterocycles. The van der Waals surface area contributed by atoms with E-state index in [0.717, 1.165) is 34.8 Å². The molecule has 0 atom stereocenters. The van der Waals surface area contributed by atoms with Crippen molar-refractivity contribution in [2.75, 3.05) is 19.7 Å². The molecular weight excluding hydrogens is 440 g/mol. The topological polar surface area (TPSA) is 64.8 Å². The van der Waals surface area contributed by atoms with Crippen molar-refractivity contribution >= 4 is 11.7 Å². The monoisotopic (exact) mass is 474 g/mol. The van der Waals surface area contributed by atoms with Crippen LogP contribution in [0.2, 0.25) is 0 Å². The van der Waals surface area contributed by atoms with Gasteiger partial charge in [-0.2, -0.15) is 0 Å². The predicted octanol–water partition coefficient (Wildman–Crippen LogP) is 6.69. The highest BCUT2D eigenvalue weighted by atomic mass is 16.6. The van der Waals surface area contributed by atoms with Crippen LogP contribution in [0.1, 0.15) is 51.1 Å². The van der Waals surface area contributed by atoms with Crippen LogP contribution >= 0.6 is 0 Å². The molecule has 0 unspecified atom stereocenters. The molecule has 0 saturated heterocycles. The van der Waals surface area contributed by atoms with Gasteiger partial charge in [-0.1, -0.05) is 37.3 Å². The largest absolute Gasteiger partial charge is 0.493 e. The van der Waals surface area contributed by atoms with Crippen molar-refractivity contribution in [3.63, 3.8) is 0 Å². The average molecular weight is 475 g/mol. The summed E-state index contributed by atoms with van der Waals surface area (Å²) in [6, 6.07) is 18.0. The summed E-state index contributed by atoms with van der Waals surface area (Å²) in [6.07, 6.45) is 1.26. The van der Waals surface area contributed by atoms with E-state index in [1.165, 1.54) is 11.1 Å². The van der Waals surface area contributed by atoms with Gasteiger partial charge in [-0.25, -0.2) is 9.78 Å². The van der Waals surface area contributed by atoms with Gasteiger partial charge < -0.3 is 13.9 Å². The van der Waals surface area contributed by atoms with Crippen molar-refractivity contribution in [3.8, 4) is 17.2 Å². The third-order valence-electron chi connectivity index (χ3n) is 5.94. The third-order valence-corrected chi connectivity index (χ3v) is 5.94. The zero-order chi connectivity index (χ0) is 25.0. The van der Waals surface area contributed by atoms with Gasteiger partial charge >= 0.3 is 6.09 Å². The van der Waals surface area contributed by atoms with Crippen molar-refractivity contribution in [1.82, 2.24) is 9.88 Å². The summed E-state index contributed by atoms with van der Waals surface area (Å²) in [5.41, 5.74) is 4.86. The molecule has 6 heteroatoms. The standard InChI is InChI=1S/C29H34N2O4/c1-6-21-18-31(28(32)35-29(3,4)5)19-25(21)23-13-10-14-24(17-23)33-16-15-26-20(2)34-27(30-26)22-11-8-7-9-12-22/h7-14,17H,6,15-16,18-19H2,1-5H3. The molecule has 35 heavy (non-hydrogen) atoms. The molecule has 0 N–H and O–H groups in total. The van der Waals surface area contributed by atoms with Crippen molar-refractivity contribution in [2.45, 2.75) is 53.1 Å². The zero-order valence-electron chi connectivity index (χ0n) is 21.3. The molecule has 0 aliphatic carbocycles. The lowest BCUT2D eigenvalue weighted by Gasteiger charge is -2.24. The number of amides is 1. The minimum Gasteiger partial charge on any atom is -0.493 e. The van der Waals surface area contributed by atoms with Crippen LogP contribution in [0.5, 0.6) is 5.75 Å². The van der Waals surface area contributed by atoms with Crippen LogP contribution in [0, 0.1) is 6.92 Å². The van der Waals surface area contributed by atoms with Crippen molar-refractivity contribution in [1.29, 1.82) is 0 Å². The Morgan fingerprint density at radius 3 is 2.51 bits per heavy atom. The maximum absolute atomic E-state index is 12.6. The SMILES string of the molecule is CCC1=C(c2cccc(OCCc3nc(-c4ccccc4)oc3C)c2)CN(C(=O)OC(C)(C)C)C1.